The molecule has 5 rings (SSSR count). The lowest BCUT2D eigenvalue weighted by Crippen LogP contribution is -2.43. The third-order valence-electron chi connectivity index (χ3n) is 5.93. The molecular formula is C24H22FN3O3S. The molecule has 0 radical (unpaired) electrons. The van der Waals surface area contributed by atoms with Crippen LogP contribution in [0.4, 0.5) is 10.1 Å². The number of hydrazone groups is 1. The highest BCUT2D eigenvalue weighted by Gasteiger charge is 2.38. The van der Waals surface area contributed by atoms with Gasteiger partial charge in [-0.15, -0.1) is 0 Å². The highest BCUT2D eigenvalue weighted by Crippen LogP contribution is 2.35. The van der Waals surface area contributed by atoms with Gasteiger partial charge >= 0.3 is 0 Å². The maximum Gasteiger partial charge on any atom is 0.238 e. The maximum absolute atomic E-state index is 13.4. The molecule has 2 unspecified atom stereocenters. The first-order valence-electron chi connectivity index (χ1n) is 10.4. The third-order valence-corrected chi connectivity index (χ3v) is 6.86. The van der Waals surface area contributed by atoms with Crippen molar-refractivity contribution in [2.24, 2.45) is 10.2 Å². The number of ether oxygens (including phenoxy) is 1. The molecule has 0 amide bonds. The molecule has 0 bridgehead atoms. The van der Waals surface area contributed by atoms with Crippen LogP contribution in [0.25, 0.3) is 0 Å². The zero-order chi connectivity index (χ0) is 22.3. The van der Waals surface area contributed by atoms with Crippen molar-refractivity contribution in [2.45, 2.75) is 36.3 Å². The van der Waals surface area contributed by atoms with Gasteiger partial charge in [0.15, 0.2) is 0 Å². The summed E-state index contributed by atoms with van der Waals surface area (Å²) in [5.41, 5.74) is 3.59. The summed E-state index contributed by atoms with van der Waals surface area (Å²) in [5, 5.41) is 11.9. The molecule has 32 heavy (non-hydrogen) atoms. The second kappa shape index (κ2) is 8.03. The number of halogens is 1. The van der Waals surface area contributed by atoms with E-state index in [1.165, 1.54) is 29.8 Å². The summed E-state index contributed by atoms with van der Waals surface area (Å²) in [6, 6.07) is 20.5. The number of anilines is 1. The van der Waals surface area contributed by atoms with E-state index in [1.807, 2.05) is 23.2 Å². The van der Waals surface area contributed by atoms with E-state index in [0.29, 0.717) is 6.42 Å². The van der Waals surface area contributed by atoms with Crippen LogP contribution < -0.4 is 14.9 Å². The number of para-hydroxylation sites is 1. The minimum Gasteiger partial charge on any atom is -0.488 e. The third kappa shape index (κ3) is 3.99. The van der Waals surface area contributed by atoms with Crippen molar-refractivity contribution >= 4 is 21.4 Å². The van der Waals surface area contributed by atoms with Crippen LogP contribution >= 0.6 is 0 Å². The van der Waals surface area contributed by atoms with Gasteiger partial charge in [0, 0.05) is 6.42 Å². The molecule has 3 aromatic carbocycles. The molecule has 2 heterocycles. The summed E-state index contributed by atoms with van der Waals surface area (Å²) < 4.78 is 43.1. The number of nitrogens with two attached hydrogens (primary N) is 1. The normalized spacial score (nSPS) is 20.4. The summed E-state index contributed by atoms with van der Waals surface area (Å²) in [5.74, 6) is 0.579. The van der Waals surface area contributed by atoms with Crippen LogP contribution in [0, 0.1) is 5.82 Å². The Balaban J connectivity index is 1.49. The van der Waals surface area contributed by atoms with Crippen molar-refractivity contribution in [1.29, 1.82) is 0 Å². The van der Waals surface area contributed by atoms with Gasteiger partial charge in [0.25, 0.3) is 0 Å². The standard InChI is InChI=1S/C24H22FN3O3S/c25-18-8-5-16(6-9-18)21-15-22(24-14-7-17-3-1-2-4-23(17)31-24)28(27-21)19-10-12-20(13-11-19)32(26,29)30/h1-6,8-13,22,24H,7,14-15H2,(H2,26,29,30). The molecule has 6 nitrogen and oxygen atoms in total. The number of hydrogen-bond acceptors (Lipinski definition) is 5. The Kier molecular flexibility index (Phi) is 5.19. The number of benzene rings is 3. The first-order chi connectivity index (χ1) is 15.4. The Morgan fingerprint density at radius 2 is 1.72 bits per heavy atom. The fraction of sp³-hybridized carbons (Fsp3) is 0.208. The van der Waals surface area contributed by atoms with Crippen LogP contribution in [-0.2, 0) is 16.4 Å². The molecule has 0 saturated carbocycles. The predicted molar refractivity (Wildman–Crippen MR) is 121 cm³/mol. The molecule has 2 aliphatic heterocycles. The van der Waals surface area contributed by atoms with Gasteiger partial charge in [-0.1, -0.05) is 30.3 Å². The zero-order valence-corrected chi connectivity index (χ0v) is 18.0. The van der Waals surface area contributed by atoms with Crippen LogP contribution in [0.15, 0.2) is 82.8 Å². The second-order valence-electron chi connectivity index (χ2n) is 8.01. The van der Waals surface area contributed by atoms with Crippen molar-refractivity contribution in [3.63, 3.8) is 0 Å². The fourth-order valence-electron chi connectivity index (χ4n) is 4.29. The number of primary sulfonamides is 1. The monoisotopic (exact) mass is 451 g/mol. The molecule has 3 aromatic rings. The zero-order valence-electron chi connectivity index (χ0n) is 17.2. The van der Waals surface area contributed by atoms with E-state index in [1.54, 1.807) is 24.3 Å². The smallest absolute Gasteiger partial charge is 0.238 e. The lowest BCUT2D eigenvalue weighted by atomic mass is 9.93. The van der Waals surface area contributed by atoms with Gasteiger partial charge in [0.1, 0.15) is 17.7 Å². The molecule has 0 aromatic heterocycles. The van der Waals surface area contributed by atoms with E-state index in [0.717, 1.165) is 35.6 Å². The summed E-state index contributed by atoms with van der Waals surface area (Å²) in [7, 11) is -3.78. The van der Waals surface area contributed by atoms with E-state index in [4.69, 9.17) is 15.0 Å². The summed E-state index contributed by atoms with van der Waals surface area (Å²) >= 11 is 0. The topological polar surface area (TPSA) is 85.0 Å². The molecule has 164 valence electrons. The molecule has 0 aliphatic carbocycles. The maximum atomic E-state index is 13.4. The van der Waals surface area contributed by atoms with E-state index in [2.05, 4.69) is 6.07 Å². The van der Waals surface area contributed by atoms with Gasteiger partial charge in [-0.25, -0.2) is 17.9 Å². The average molecular weight is 452 g/mol. The van der Waals surface area contributed by atoms with Gasteiger partial charge < -0.3 is 4.74 Å². The van der Waals surface area contributed by atoms with Crippen molar-refractivity contribution in [1.82, 2.24) is 0 Å². The highest BCUT2D eigenvalue weighted by molar-refractivity contribution is 7.89. The minimum atomic E-state index is -3.78. The molecule has 0 saturated heterocycles. The number of aryl methyl sites for hydroxylation is 1. The fourth-order valence-corrected chi connectivity index (χ4v) is 4.81. The largest absolute Gasteiger partial charge is 0.488 e. The van der Waals surface area contributed by atoms with Gasteiger partial charge in [-0.05, 0) is 66.4 Å². The molecular weight excluding hydrogens is 429 g/mol. The molecule has 8 heteroatoms. The molecule has 0 fully saturated rings. The molecule has 2 N–H and O–H groups in total. The molecule has 2 atom stereocenters. The Morgan fingerprint density at radius 1 is 1.00 bits per heavy atom. The summed E-state index contributed by atoms with van der Waals surface area (Å²) in [6.07, 6.45) is 2.25. The number of rotatable bonds is 4. The van der Waals surface area contributed by atoms with Crippen molar-refractivity contribution < 1.29 is 17.5 Å². The van der Waals surface area contributed by atoms with Crippen LogP contribution in [0.5, 0.6) is 5.75 Å². The first-order valence-corrected chi connectivity index (χ1v) is 11.9. The van der Waals surface area contributed by atoms with E-state index >= 15 is 0 Å². The van der Waals surface area contributed by atoms with Crippen LogP contribution in [0.3, 0.4) is 0 Å². The Morgan fingerprint density at radius 3 is 2.44 bits per heavy atom. The average Bonchev–Trinajstić information content (AvgIpc) is 3.24. The Bertz CT molecular complexity index is 1270. The minimum absolute atomic E-state index is 0.0441. The number of hydrogen-bond donors (Lipinski definition) is 1. The Hall–Kier alpha value is -3.23. The molecule has 0 spiro atoms. The van der Waals surface area contributed by atoms with Gasteiger partial charge in [-0.3, -0.25) is 5.01 Å². The van der Waals surface area contributed by atoms with E-state index in [9.17, 15) is 12.8 Å². The van der Waals surface area contributed by atoms with Crippen molar-refractivity contribution in [2.75, 3.05) is 5.01 Å². The lowest BCUT2D eigenvalue weighted by Gasteiger charge is -2.34. The second-order valence-corrected chi connectivity index (χ2v) is 9.57. The van der Waals surface area contributed by atoms with Crippen LogP contribution in [0.1, 0.15) is 24.0 Å². The number of sulfonamides is 1. The van der Waals surface area contributed by atoms with E-state index in [-0.39, 0.29) is 22.9 Å². The number of fused-ring (bicyclic) bond motifs is 1. The quantitative estimate of drug-likeness (QED) is 0.653. The first kappa shape index (κ1) is 20.7. The van der Waals surface area contributed by atoms with Gasteiger partial charge in [0.05, 0.1) is 22.3 Å². The SMILES string of the molecule is NS(=O)(=O)c1ccc(N2N=C(c3ccc(F)cc3)CC2C2CCc3ccccc3O2)cc1. The summed E-state index contributed by atoms with van der Waals surface area (Å²) in [4.78, 5) is 0.0441. The number of nitrogens with zero attached hydrogens (tertiary/aromatic N) is 2. The van der Waals surface area contributed by atoms with Crippen molar-refractivity contribution in [3.05, 3.63) is 89.7 Å². The summed E-state index contributed by atoms with van der Waals surface area (Å²) in [6.45, 7) is 0. The van der Waals surface area contributed by atoms with E-state index < -0.39 is 10.0 Å². The van der Waals surface area contributed by atoms with Crippen molar-refractivity contribution in [3.8, 4) is 5.75 Å². The highest BCUT2D eigenvalue weighted by atomic mass is 32.2. The Labute approximate surface area is 186 Å². The van der Waals surface area contributed by atoms with Gasteiger partial charge in [0.2, 0.25) is 10.0 Å². The molecule has 2 aliphatic rings. The lowest BCUT2D eigenvalue weighted by molar-refractivity contribution is 0.146. The van der Waals surface area contributed by atoms with Gasteiger partial charge in [-0.2, -0.15) is 5.10 Å². The van der Waals surface area contributed by atoms with Crippen LogP contribution in [-0.4, -0.2) is 26.3 Å². The predicted octanol–water partition coefficient (Wildman–Crippen LogP) is 3.85. The van der Waals surface area contributed by atoms with Crippen LogP contribution in [0.2, 0.25) is 0 Å².